The number of phenols is 1. The third-order valence-electron chi connectivity index (χ3n) is 1.68. The number of rotatable bonds is 1. The number of halogens is 4. The van der Waals surface area contributed by atoms with E-state index in [0.29, 0.717) is 6.07 Å². The maximum atomic E-state index is 12.6. The molecular weight excluding hydrogens is 202 g/mol. The fourth-order valence-corrected chi connectivity index (χ4v) is 0.951. The summed E-state index contributed by atoms with van der Waals surface area (Å²) < 4.78 is 48.8. The van der Waals surface area contributed by atoms with E-state index in [9.17, 15) is 17.6 Å². The Balaban J connectivity index is 3.12. The van der Waals surface area contributed by atoms with Gasteiger partial charge in [0.15, 0.2) is 0 Å². The molecule has 0 saturated heterocycles. The van der Waals surface area contributed by atoms with Gasteiger partial charge in [-0.25, -0.2) is 4.39 Å². The maximum absolute atomic E-state index is 12.6. The Morgan fingerprint density at radius 2 is 1.86 bits per heavy atom. The molecular formula is C8H7F4NO. The molecule has 6 heteroatoms. The predicted molar refractivity (Wildman–Crippen MR) is 41.0 cm³/mol. The Morgan fingerprint density at radius 3 is 2.36 bits per heavy atom. The number of phenolic OH excluding ortho intramolecular Hbond substituents is 1. The Bertz CT molecular complexity index is 337. The summed E-state index contributed by atoms with van der Waals surface area (Å²) in [6, 6.07) is -0.135. The van der Waals surface area contributed by atoms with Gasteiger partial charge in [0.1, 0.15) is 17.6 Å². The number of benzene rings is 1. The van der Waals surface area contributed by atoms with Crippen LogP contribution in [0.4, 0.5) is 17.6 Å². The van der Waals surface area contributed by atoms with E-state index in [1.165, 1.54) is 0 Å². The fourth-order valence-electron chi connectivity index (χ4n) is 0.951. The van der Waals surface area contributed by atoms with Gasteiger partial charge in [-0.3, -0.25) is 0 Å². The highest BCUT2D eigenvalue weighted by Gasteiger charge is 2.39. The van der Waals surface area contributed by atoms with Gasteiger partial charge in [0.25, 0.3) is 0 Å². The molecule has 0 saturated carbocycles. The number of nitrogens with two attached hydrogens (primary N) is 1. The van der Waals surface area contributed by atoms with Gasteiger partial charge in [-0.2, -0.15) is 13.2 Å². The van der Waals surface area contributed by atoms with Gasteiger partial charge in [-0.1, -0.05) is 0 Å². The van der Waals surface area contributed by atoms with Gasteiger partial charge in [0.2, 0.25) is 0 Å². The van der Waals surface area contributed by atoms with E-state index in [1.54, 1.807) is 0 Å². The fraction of sp³-hybridized carbons (Fsp3) is 0.250. The lowest BCUT2D eigenvalue weighted by Crippen LogP contribution is -2.28. The molecule has 0 spiro atoms. The Hall–Kier alpha value is -1.30. The van der Waals surface area contributed by atoms with E-state index in [0.717, 1.165) is 12.1 Å². The zero-order valence-corrected chi connectivity index (χ0v) is 6.85. The van der Waals surface area contributed by atoms with E-state index in [2.05, 4.69) is 0 Å². The predicted octanol–water partition coefficient (Wildman–Crippen LogP) is 2.09. The van der Waals surface area contributed by atoms with Gasteiger partial charge in [0, 0.05) is 5.56 Å². The summed E-state index contributed by atoms with van der Waals surface area (Å²) in [5.41, 5.74) is 4.12. The summed E-state index contributed by atoms with van der Waals surface area (Å²) in [5.74, 6) is -1.55. The highest BCUT2D eigenvalue weighted by Crippen LogP contribution is 2.34. The SMILES string of the molecule is NC(c1cc(F)ccc1O)C(F)(F)F. The van der Waals surface area contributed by atoms with Crippen molar-refractivity contribution in [2.45, 2.75) is 12.2 Å². The molecule has 2 nitrogen and oxygen atoms in total. The van der Waals surface area contributed by atoms with Crippen LogP contribution in [0.5, 0.6) is 5.75 Å². The van der Waals surface area contributed by atoms with Crippen molar-refractivity contribution in [2.24, 2.45) is 5.73 Å². The Kier molecular flexibility index (Phi) is 2.66. The monoisotopic (exact) mass is 209 g/mol. The van der Waals surface area contributed by atoms with Crippen molar-refractivity contribution in [3.05, 3.63) is 29.6 Å². The molecule has 0 fully saturated rings. The number of hydrogen-bond acceptors (Lipinski definition) is 2. The van der Waals surface area contributed by atoms with E-state index >= 15 is 0 Å². The van der Waals surface area contributed by atoms with Gasteiger partial charge in [-0.15, -0.1) is 0 Å². The first-order chi connectivity index (χ1) is 6.32. The molecule has 0 radical (unpaired) electrons. The van der Waals surface area contributed by atoms with Crippen LogP contribution in [0, 0.1) is 5.82 Å². The maximum Gasteiger partial charge on any atom is 0.407 e. The standard InChI is InChI=1S/C8H7F4NO/c9-4-1-2-6(14)5(3-4)7(13)8(10,11)12/h1-3,7,14H,13H2. The second-order valence-electron chi connectivity index (χ2n) is 2.72. The lowest BCUT2D eigenvalue weighted by molar-refractivity contribution is -0.149. The van der Waals surface area contributed by atoms with Crippen molar-refractivity contribution in [2.75, 3.05) is 0 Å². The van der Waals surface area contributed by atoms with Gasteiger partial charge < -0.3 is 10.8 Å². The summed E-state index contributed by atoms with van der Waals surface area (Å²) >= 11 is 0. The average molecular weight is 209 g/mol. The molecule has 0 bridgehead atoms. The molecule has 0 heterocycles. The van der Waals surface area contributed by atoms with E-state index in [4.69, 9.17) is 10.8 Å². The Morgan fingerprint density at radius 1 is 1.29 bits per heavy atom. The van der Waals surface area contributed by atoms with Crippen LogP contribution in [-0.2, 0) is 0 Å². The lowest BCUT2D eigenvalue weighted by Gasteiger charge is -2.16. The molecule has 78 valence electrons. The first-order valence-electron chi connectivity index (χ1n) is 3.63. The highest BCUT2D eigenvalue weighted by molar-refractivity contribution is 5.35. The van der Waals surface area contributed by atoms with Crippen LogP contribution in [0.3, 0.4) is 0 Å². The molecule has 0 aliphatic carbocycles. The van der Waals surface area contributed by atoms with Crippen LogP contribution in [-0.4, -0.2) is 11.3 Å². The van der Waals surface area contributed by atoms with Crippen molar-refractivity contribution in [1.82, 2.24) is 0 Å². The zero-order valence-electron chi connectivity index (χ0n) is 6.85. The van der Waals surface area contributed by atoms with Crippen LogP contribution >= 0.6 is 0 Å². The van der Waals surface area contributed by atoms with Gasteiger partial charge >= 0.3 is 6.18 Å². The normalized spacial score (nSPS) is 14.1. The summed E-state index contributed by atoms with van der Waals surface area (Å²) in [6.07, 6.45) is -4.70. The van der Waals surface area contributed by atoms with Gasteiger partial charge in [-0.05, 0) is 18.2 Å². The molecule has 1 atom stereocenters. The smallest absolute Gasteiger partial charge is 0.407 e. The second kappa shape index (κ2) is 3.45. The van der Waals surface area contributed by atoms with Crippen molar-refractivity contribution < 1.29 is 22.7 Å². The minimum absolute atomic E-state index is 0.563. The largest absolute Gasteiger partial charge is 0.508 e. The second-order valence-corrected chi connectivity index (χ2v) is 2.72. The van der Waals surface area contributed by atoms with Crippen molar-refractivity contribution in [1.29, 1.82) is 0 Å². The quantitative estimate of drug-likeness (QED) is 0.695. The number of alkyl halides is 3. The number of aromatic hydroxyl groups is 1. The lowest BCUT2D eigenvalue weighted by atomic mass is 10.1. The third kappa shape index (κ3) is 2.14. The van der Waals surface area contributed by atoms with Crippen LogP contribution in [0.25, 0.3) is 0 Å². The minimum Gasteiger partial charge on any atom is -0.508 e. The zero-order chi connectivity index (χ0) is 10.9. The van der Waals surface area contributed by atoms with Crippen molar-refractivity contribution in [3.8, 4) is 5.75 Å². The summed E-state index contributed by atoms with van der Waals surface area (Å²) in [7, 11) is 0. The molecule has 1 aromatic carbocycles. The van der Waals surface area contributed by atoms with Crippen LogP contribution in [0.15, 0.2) is 18.2 Å². The Labute approximate surface area is 77.0 Å². The van der Waals surface area contributed by atoms with Crippen LogP contribution < -0.4 is 5.73 Å². The molecule has 3 N–H and O–H groups in total. The molecule has 0 aliphatic rings. The van der Waals surface area contributed by atoms with Crippen molar-refractivity contribution in [3.63, 3.8) is 0 Å². The third-order valence-corrected chi connectivity index (χ3v) is 1.68. The van der Waals surface area contributed by atoms with Crippen LogP contribution in [0.2, 0.25) is 0 Å². The number of hydrogen-bond donors (Lipinski definition) is 2. The highest BCUT2D eigenvalue weighted by atomic mass is 19.4. The molecule has 1 unspecified atom stereocenters. The van der Waals surface area contributed by atoms with Gasteiger partial charge in [0.05, 0.1) is 0 Å². The first kappa shape index (κ1) is 10.8. The molecule has 1 aromatic rings. The molecule has 14 heavy (non-hydrogen) atoms. The molecule has 0 amide bonds. The minimum atomic E-state index is -4.70. The van der Waals surface area contributed by atoms with E-state index < -0.39 is 29.3 Å². The van der Waals surface area contributed by atoms with E-state index in [-0.39, 0.29) is 0 Å². The van der Waals surface area contributed by atoms with E-state index in [1.807, 2.05) is 0 Å². The molecule has 1 rings (SSSR count). The summed E-state index contributed by atoms with van der Waals surface area (Å²) in [4.78, 5) is 0. The van der Waals surface area contributed by atoms with Crippen molar-refractivity contribution >= 4 is 0 Å². The first-order valence-corrected chi connectivity index (χ1v) is 3.63. The average Bonchev–Trinajstić information content (AvgIpc) is 2.06. The topological polar surface area (TPSA) is 46.2 Å². The summed E-state index contributed by atoms with van der Waals surface area (Å²) in [5, 5.41) is 9.02. The molecule has 0 aliphatic heterocycles. The summed E-state index contributed by atoms with van der Waals surface area (Å²) in [6.45, 7) is 0. The van der Waals surface area contributed by atoms with Crippen LogP contribution in [0.1, 0.15) is 11.6 Å². The molecule has 0 aromatic heterocycles.